The number of benzene rings is 2. The summed E-state index contributed by atoms with van der Waals surface area (Å²) in [6.45, 7) is 1.92. The maximum atomic E-state index is 12.6. The lowest BCUT2D eigenvalue weighted by molar-refractivity contribution is -0.679. The van der Waals surface area contributed by atoms with Crippen molar-refractivity contribution in [2.75, 3.05) is 0 Å². The SMILES string of the molecule is Br.CC(C(=O)c1ccc(Cl)cc1)[n+]1cccc2ccccc21.O. The zero-order chi connectivity index (χ0) is 14.8. The molecule has 0 fully saturated rings. The Hall–Kier alpha value is -1.75. The lowest BCUT2D eigenvalue weighted by Gasteiger charge is -2.09. The Morgan fingerprint density at radius 3 is 2.30 bits per heavy atom. The summed E-state index contributed by atoms with van der Waals surface area (Å²) >= 11 is 5.87. The second-order valence-corrected chi connectivity index (χ2v) is 5.46. The monoisotopic (exact) mass is 394 g/mol. The number of aromatic nitrogens is 1. The Morgan fingerprint density at radius 2 is 1.61 bits per heavy atom. The molecule has 0 spiro atoms. The lowest BCUT2D eigenvalue weighted by Crippen LogP contribution is -2.42. The molecule has 1 unspecified atom stereocenters. The number of rotatable bonds is 3. The van der Waals surface area contributed by atoms with E-state index < -0.39 is 0 Å². The highest BCUT2D eigenvalue weighted by molar-refractivity contribution is 8.93. The van der Waals surface area contributed by atoms with Crippen LogP contribution in [0.3, 0.4) is 0 Å². The number of nitrogens with zero attached hydrogens (tertiary/aromatic N) is 1. The van der Waals surface area contributed by atoms with E-state index in [9.17, 15) is 4.79 Å². The molecule has 1 atom stereocenters. The minimum atomic E-state index is -0.266. The highest BCUT2D eigenvalue weighted by Crippen LogP contribution is 2.16. The molecule has 5 heteroatoms. The second-order valence-electron chi connectivity index (χ2n) is 5.02. The molecule has 0 saturated carbocycles. The fourth-order valence-electron chi connectivity index (χ4n) is 2.50. The van der Waals surface area contributed by atoms with Crippen LogP contribution in [0.4, 0.5) is 0 Å². The number of hydrogen-bond donors (Lipinski definition) is 0. The Bertz CT molecular complexity index is 800. The van der Waals surface area contributed by atoms with Gasteiger partial charge in [0.2, 0.25) is 17.3 Å². The molecule has 23 heavy (non-hydrogen) atoms. The summed E-state index contributed by atoms with van der Waals surface area (Å²) in [5.74, 6) is 0.0769. The van der Waals surface area contributed by atoms with Gasteiger partial charge in [0.05, 0.1) is 0 Å². The van der Waals surface area contributed by atoms with Crippen LogP contribution in [0.1, 0.15) is 23.3 Å². The van der Waals surface area contributed by atoms with Crippen LogP contribution in [0, 0.1) is 0 Å². The molecule has 120 valence electrons. The van der Waals surface area contributed by atoms with E-state index in [0.29, 0.717) is 10.6 Å². The van der Waals surface area contributed by atoms with Crippen LogP contribution in [-0.2, 0) is 0 Å². The van der Waals surface area contributed by atoms with Gasteiger partial charge in [-0.05, 0) is 36.4 Å². The largest absolute Gasteiger partial charge is 0.412 e. The number of Topliss-reactive ketones (excluding diaryl/α,β-unsaturated/α-hetero) is 1. The van der Waals surface area contributed by atoms with Gasteiger partial charge in [-0.2, -0.15) is 4.57 Å². The quantitative estimate of drug-likeness (QED) is 0.489. The number of carbonyl (C=O) groups excluding carboxylic acids is 1. The first-order chi connectivity index (χ1) is 10.2. The van der Waals surface area contributed by atoms with E-state index in [4.69, 9.17) is 11.6 Å². The third-order valence-corrected chi connectivity index (χ3v) is 3.91. The Morgan fingerprint density at radius 1 is 1.00 bits per heavy atom. The molecule has 0 saturated heterocycles. The van der Waals surface area contributed by atoms with E-state index in [1.54, 1.807) is 24.3 Å². The average Bonchev–Trinajstić information content (AvgIpc) is 2.53. The van der Waals surface area contributed by atoms with Crippen LogP contribution in [0.15, 0.2) is 66.9 Å². The summed E-state index contributed by atoms with van der Waals surface area (Å²) in [5.41, 5.74) is 1.72. The van der Waals surface area contributed by atoms with Gasteiger partial charge >= 0.3 is 0 Å². The molecule has 3 aromatic rings. The zero-order valence-corrected chi connectivity index (χ0v) is 15.0. The number of fused-ring (bicyclic) bond motifs is 1. The molecule has 3 nitrogen and oxygen atoms in total. The minimum absolute atomic E-state index is 0. The van der Waals surface area contributed by atoms with Crippen LogP contribution in [0.25, 0.3) is 10.9 Å². The van der Waals surface area contributed by atoms with Gasteiger partial charge in [-0.3, -0.25) is 4.79 Å². The average molecular weight is 396 g/mol. The van der Waals surface area contributed by atoms with E-state index >= 15 is 0 Å². The lowest BCUT2D eigenvalue weighted by atomic mass is 10.0. The van der Waals surface area contributed by atoms with Gasteiger partial charge in [0.15, 0.2) is 6.20 Å². The van der Waals surface area contributed by atoms with Crippen LogP contribution in [0.5, 0.6) is 0 Å². The predicted octanol–water partition coefficient (Wildman–Crippen LogP) is 3.98. The standard InChI is InChI=1S/C18H15ClNO.BrH.H2O/c1-13(18(21)15-8-10-16(19)11-9-15)20-12-4-6-14-5-2-3-7-17(14)20;;/h2-13H,1H3;1H;1H2/q+1;;. The van der Waals surface area contributed by atoms with Gasteiger partial charge in [-0.15, -0.1) is 17.0 Å². The van der Waals surface area contributed by atoms with Crippen molar-refractivity contribution in [3.63, 3.8) is 0 Å². The van der Waals surface area contributed by atoms with E-state index in [-0.39, 0.29) is 34.3 Å². The van der Waals surface area contributed by atoms with Gasteiger partial charge in [0, 0.05) is 35.0 Å². The summed E-state index contributed by atoms with van der Waals surface area (Å²) < 4.78 is 2.01. The minimum Gasteiger partial charge on any atom is -0.412 e. The topological polar surface area (TPSA) is 52.5 Å². The van der Waals surface area contributed by atoms with E-state index in [2.05, 4.69) is 0 Å². The molecule has 0 radical (unpaired) electrons. The Kier molecular flexibility index (Phi) is 6.88. The highest BCUT2D eigenvalue weighted by atomic mass is 79.9. The smallest absolute Gasteiger partial charge is 0.230 e. The molecule has 2 aromatic carbocycles. The molecule has 0 aliphatic carbocycles. The number of carbonyl (C=O) groups is 1. The fourth-order valence-corrected chi connectivity index (χ4v) is 2.63. The maximum absolute atomic E-state index is 12.6. The van der Waals surface area contributed by atoms with Crippen LogP contribution in [0.2, 0.25) is 5.02 Å². The molecular weight excluding hydrogens is 378 g/mol. The number of hydrogen-bond acceptors (Lipinski definition) is 1. The van der Waals surface area contributed by atoms with Crippen LogP contribution >= 0.6 is 28.6 Å². The van der Waals surface area contributed by atoms with Crippen molar-refractivity contribution in [1.82, 2.24) is 0 Å². The number of halogens is 2. The van der Waals surface area contributed by atoms with Crippen LogP contribution < -0.4 is 4.57 Å². The van der Waals surface area contributed by atoms with Crippen molar-refractivity contribution in [2.24, 2.45) is 0 Å². The molecule has 0 amide bonds. The molecular formula is C18H18BrClNO2+. The van der Waals surface area contributed by atoms with Gasteiger partial charge in [-0.1, -0.05) is 23.7 Å². The first-order valence-corrected chi connectivity index (χ1v) is 7.23. The summed E-state index contributed by atoms with van der Waals surface area (Å²) in [6, 6.07) is 18.8. The number of ketones is 1. The van der Waals surface area contributed by atoms with E-state index in [1.807, 2.05) is 54.1 Å². The van der Waals surface area contributed by atoms with Crippen molar-refractivity contribution >= 4 is 45.3 Å². The van der Waals surface area contributed by atoms with Gasteiger partial charge in [0.25, 0.3) is 0 Å². The molecule has 0 aliphatic heterocycles. The summed E-state index contributed by atoms with van der Waals surface area (Å²) in [5, 5.41) is 1.76. The first kappa shape index (κ1) is 19.3. The molecule has 0 aliphatic rings. The first-order valence-electron chi connectivity index (χ1n) is 6.85. The van der Waals surface area contributed by atoms with Gasteiger partial charge < -0.3 is 5.48 Å². The number of para-hydroxylation sites is 1. The van der Waals surface area contributed by atoms with Crippen LogP contribution in [-0.4, -0.2) is 11.3 Å². The second kappa shape index (κ2) is 8.20. The summed E-state index contributed by atoms with van der Waals surface area (Å²) in [7, 11) is 0. The molecule has 1 heterocycles. The molecule has 0 bridgehead atoms. The zero-order valence-electron chi connectivity index (χ0n) is 12.6. The normalized spacial score (nSPS) is 11.2. The van der Waals surface area contributed by atoms with Crippen molar-refractivity contribution in [2.45, 2.75) is 13.0 Å². The molecule has 3 rings (SSSR count). The van der Waals surface area contributed by atoms with Crippen molar-refractivity contribution in [3.05, 3.63) is 77.4 Å². The Balaban J connectivity index is 0.00000132. The summed E-state index contributed by atoms with van der Waals surface area (Å²) in [6.07, 6.45) is 1.95. The fraction of sp³-hybridized carbons (Fsp3) is 0.111. The van der Waals surface area contributed by atoms with Gasteiger partial charge in [0.1, 0.15) is 0 Å². The van der Waals surface area contributed by atoms with Crippen molar-refractivity contribution in [3.8, 4) is 0 Å². The van der Waals surface area contributed by atoms with Crippen molar-refractivity contribution < 1.29 is 14.8 Å². The highest BCUT2D eigenvalue weighted by Gasteiger charge is 2.25. The Labute approximate surface area is 150 Å². The third-order valence-electron chi connectivity index (χ3n) is 3.66. The summed E-state index contributed by atoms with van der Waals surface area (Å²) in [4.78, 5) is 12.6. The maximum Gasteiger partial charge on any atom is 0.230 e. The van der Waals surface area contributed by atoms with E-state index in [1.165, 1.54) is 0 Å². The molecule has 2 N–H and O–H groups in total. The van der Waals surface area contributed by atoms with E-state index in [0.717, 1.165) is 10.9 Å². The number of pyridine rings is 1. The van der Waals surface area contributed by atoms with Gasteiger partial charge in [-0.25, -0.2) is 0 Å². The third kappa shape index (κ3) is 3.96. The molecule has 1 aromatic heterocycles. The van der Waals surface area contributed by atoms with Crippen molar-refractivity contribution in [1.29, 1.82) is 0 Å². The predicted molar refractivity (Wildman–Crippen MR) is 98.6 cm³/mol.